The lowest BCUT2D eigenvalue weighted by molar-refractivity contribution is -0.0796. The summed E-state index contributed by atoms with van der Waals surface area (Å²) < 4.78 is 42.7. The van der Waals surface area contributed by atoms with Crippen LogP contribution in [0, 0.1) is 11.2 Å². The van der Waals surface area contributed by atoms with Crippen LogP contribution in [0.5, 0.6) is 0 Å². The summed E-state index contributed by atoms with van der Waals surface area (Å²) in [6.45, 7) is 6.58. The van der Waals surface area contributed by atoms with Crippen LogP contribution in [0.1, 0.15) is 55.2 Å². The Hall–Kier alpha value is -3.90. The molecule has 14 heteroatoms. The van der Waals surface area contributed by atoms with Crippen LogP contribution < -0.4 is 5.32 Å². The second-order valence-corrected chi connectivity index (χ2v) is 13.4. The SMILES string of the molecule is CC(C)(C)C(O)(CCc1ccc(Cl)cc1)Cn1cncn1.Cn1cc(C(=O)Nc2ccc(F)cc2-c2ccc(Cl)c(Cl)c2)c(C(F)F)n1. The molecule has 0 aliphatic heterocycles. The standard InChI is InChI=1S/C18H12Cl2F3N3O.C16H22ClN3O/c1-26-8-12(16(25-26)17(22)23)18(27)24-15-5-3-10(21)7-11(15)9-2-4-13(19)14(20)6-9;1-15(2,3)16(21,10-20-12-18-11-19-20)9-8-13-4-6-14(17)7-5-13/h2-8,17H,1H3,(H,24,27);4-7,11-12,21H,8-10H2,1-3H3. The summed E-state index contributed by atoms with van der Waals surface area (Å²) in [6, 6.07) is 16.1. The first kappa shape index (κ1) is 36.9. The zero-order valence-corrected chi connectivity index (χ0v) is 28.8. The molecule has 1 atom stereocenters. The first-order chi connectivity index (χ1) is 22.6. The number of nitrogens with zero attached hydrogens (tertiary/aromatic N) is 5. The minimum atomic E-state index is -2.91. The Balaban J connectivity index is 0.000000224. The number of carbonyl (C=O) groups is 1. The Morgan fingerprint density at radius 3 is 2.31 bits per heavy atom. The van der Waals surface area contributed by atoms with Gasteiger partial charge in [0.15, 0.2) is 0 Å². The lowest BCUT2D eigenvalue weighted by atomic mass is 9.73. The molecule has 5 aromatic rings. The maximum atomic E-state index is 13.8. The fraction of sp³-hybridized carbons (Fsp3) is 0.294. The molecule has 0 spiro atoms. The third-order valence-electron chi connectivity index (χ3n) is 7.80. The summed E-state index contributed by atoms with van der Waals surface area (Å²) in [6.07, 6.45) is 2.85. The highest BCUT2D eigenvalue weighted by Crippen LogP contribution is 2.36. The maximum absolute atomic E-state index is 13.8. The highest BCUT2D eigenvalue weighted by Gasteiger charge is 2.40. The molecular weight excluding hydrogens is 688 g/mol. The lowest BCUT2D eigenvalue weighted by Crippen LogP contribution is -2.47. The van der Waals surface area contributed by atoms with Crippen LogP contribution >= 0.6 is 34.8 Å². The second-order valence-electron chi connectivity index (χ2n) is 12.2. The van der Waals surface area contributed by atoms with Gasteiger partial charge >= 0.3 is 0 Å². The smallest absolute Gasteiger partial charge is 0.282 e. The molecule has 48 heavy (non-hydrogen) atoms. The van der Waals surface area contributed by atoms with E-state index in [0.29, 0.717) is 29.1 Å². The molecule has 0 aliphatic carbocycles. The molecule has 2 aromatic heterocycles. The van der Waals surface area contributed by atoms with Crippen LogP contribution in [0.2, 0.25) is 15.1 Å². The fourth-order valence-electron chi connectivity index (χ4n) is 4.84. The average molecular weight is 722 g/mol. The van der Waals surface area contributed by atoms with Crippen molar-refractivity contribution in [2.24, 2.45) is 12.5 Å². The van der Waals surface area contributed by atoms with Crippen LogP contribution in [0.25, 0.3) is 11.1 Å². The largest absolute Gasteiger partial charge is 0.387 e. The summed E-state index contributed by atoms with van der Waals surface area (Å²) in [5.41, 5.74) is 0.199. The second kappa shape index (κ2) is 15.5. The van der Waals surface area contributed by atoms with Crippen molar-refractivity contribution >= 4 is 46.4 Å². The van der Waals surface area contributed by atoms with Crippen LogP contribution in [0.3, 0.4) is 0 Å². The molecule has 1 unspecified atom stereocenters. The number of rotatable bonds is 9. The van der Waals surface area contributed by atoms with E-state index in [4.69, 9.17) is 34.8 Å². The van der Waals surface area contributed by atoms with Gasteiger partial charge in [0.05, 0.1) is 27.8 Å². The van der Waals surface area contributed by atoms with E-state index in [1.807, 2.05) is 45.0 Å². The van der Waals surface area contributed by atoms with E-state index in [-0.39, 0.29) is 21.7 Å². The molecule has 5 rings (SSSR count). The molecule has 8 nitrogen and oxygen atoms in total. The number of aryl methyl sites for hydroxylation is 2. The summed E-state index contributed by atoms with van der Waals surface area (Å²) in [7, 11) is 1.43. The highest BCUT2D eigenvalue weighted by molar-refractivity contribution is 6.42. The van der Waals surface area contributed by atoms with Crippen molar-refractivity contribution in [2.45, 2.75) is 52.2 Å². The number of halogens is 6. The van der Waals surface area contributed by atoms with Gasteiger partial charge in [-0.05, 0) is 71.8 Å². The van der Waals surface area contributed by atoms with Crippen molar-refractivity contribution in [3.8, 4) is 11.1 Å². The molecule has 0 radical (unpaired) electrons. The minimum Gasteiger partial charge on any atom is -0.387 e. The molecule has 1 amide bonds. The lowest BCUT2D eigenvalue weighted by Gasteiger charge is -2.40. The third-order valence-corrected chi connectivity index (χ3v) is 8.79. The Labute approximate surface area is 291 Å². The zero-order valence-electron chi connectivity index (χ0n) is 26.6. The Kier molecular flexibility index (Phi) is 12.0. The van der Waals surface area contributed by atoms with Crippen LogP contribution in [0.4, 0.5) is 18.9 Å². The molecule has 0 saturated heterocycles. The van der Waals surface area contributed by atoms with Crippen LogP contribution in [0.15, 0.2) is 79.5 Å². The molecule has 0 bridgehead atoms. The molecular formula is C34H34Cl3F3N6O2. The van der Waals surface area contributed by atoms with Crippen molar-refractivity contribution in [1.29, 1.82) is 0 Å². The van der Waals surface area contributed by atoms with Gasteiger partial charge in [-0.3, -0.25) is 14.2 Å². The van der Waals surface area contributed by atoms with Crippen molar-refractivity contribution < 1.29 is 23.1 Å². The van der Waals surface area contributed by atoms with Gasteiger partial charge in [0.25, 0.3) is 12.3 Å². The summed E-state index contributed by atoms with van der Waals surface area (Å²) in [5, 5.41) is 22.7. The predicted molar refractivity (Wildman–Crippen MR) is 182 cm³/mol. The Morgan fingerprint density at radius 1 is 1.00 bits per heavy atom. The van der Waals surface area contributed by atoms with E-state index in [1.165, 1.54) is 49.4 Å². The van der Waals surface area contributed by atoms with Gasteiger partial charge in [-0.2, -0.15) is 10.2 Å². The normalized spacial score (nSPS) is 12.8. The fourth-order valence-corrected chi connectivity index (χ4v) is 5.26. The molecule has 2 heterocycles. The molecule has 0 fully saturated rings. The van der Waals surface area contributed by atoms with Gasteiger partial charge in [-0.25, -0.2) is 18.2 Å². The van der Waals surface area contributed by atoms with E-state index in [2.05, 4.69) is 20.5 Å². The number of anilines is 1. The molecule has 254 valence electrons. The minimum absolute atomic E-state index is 0.226. The predicted octanol–water partition coefficient (Wildman–Crippen LogP) is 9.06. The van der Waals surface area contributed by atoms with Gasteiger partial charge in [-0.1, -0.05) is 73.8 Å². The van der Waals surface area contributed by atoms with E-state index >= 15 is 0 Å². The monoisotopic (exact) mass is 720 g/mol. The Bertz CT molecular complexity index is 1840. The summed E-state index contributed by atoms with van der Waals surface area (Å²) in [4.78, 5) is 16.4. The van der Waals surface area contributed by atoms with Gasteiger partial charge < -0.3 is 10.4 Å². The Morgan fingerprint density at radius 2 is 1.71 bits per heavy atom. The number of benzene rings is 3. The van der Waals surface area contributed by atoms with Gasteiger partial charge in [0, 0.05) is 29.5 Å². The summed E-state index contributed by atoms with van der Waals surface area (Å²) in [5.74, 6) is -1.32. The third kappa shape index (κ3) is 9.37. The van der Waals surface area contributed by atoms with E-state index < -0.39 is 29.4 Å². The number of alkyl halides is 2. The number of carbonyl (C=O) groups excluding carboxylic acids is 1. The van der Waals surface area contributed by atoms with Gasteiger partial charge in [0.2, 0.25) is 0 Å². The number of nitrogens with one attached hydrogen (secondary N) is 1. The molecule has 3 aromatic carbocycles. The van der Waals surface area contributed by atoms with Gasteiger partial charge in [-0.15, -0.1) is 0 Å². The quantitative estimate of drug-likeness (QED) is 0.158. The summed E-state index contributed by atoms with van der Waals surface area (Å²) >= 11 is 17.8. The van der Waals surface area contributed by atoms with Crippen LogP contribution in [-0.4, -0.2) is 41.2 Å². The average Bonchev–Trinajstić information content (AvgIpc) is 3.68. The topological polar surface area (TPSA) is 97.9 Å². The van der Waals surface area contributed by atoms with Crippen molar-refractivity contribution in [2.75, 3.05) is 5.32 Å². The van der Waals surface area contributed by atoms with Gasteiger partial charge in [0.1, 0.15) is 24.2 Å². The van der Waals surface area contributed by atoms with E-state index in [1.54, 1.807) is 17.1 Å². The number of hydrogen-bond donors (Lipinski definition) is 2. The van der Waals surface area contributed by atoms with Crippen LogP contribution in [-0.2, 0) is 20.0 Å². The van der Waals surface area contributed by atoms with Crippen molar-refractivity contribution in [1.82, 2.24) is 24.5 Å². The zero-order chi connectivity index (χ0) is 35.2. The molecule has 0 aliphatic rings. The first-order valence-electron chi connectivity index (χ1n) is 14.7. The maximum Gasteiger partial charge on any atom is 0.282 e. The van der Waals surface area contributed by atoms with E-state index in [9.17, 15) is 23.1 Å². The number of aliphatic hydroxyl groups is 1. The molecule has 0 saturated carbocycles. The molecule has 2 N–H and O–H groups in total. The van der Waals surface area contributed by atoms with Crippen molar-refractivity contribution in [3.63, 3.8) is 0 Å². The first-order valence-corrected chi connectivity index (χ1v) is 15.9. The number of amides is 1. The highest BCUT2D eigenvalue weighted by atomic mass is 35.5. The number of hydrogen-bond acceptors (Lipinski definition) is 5. The number of aromatic nitrogens is 5. The van der Waals surface area contributed by atoms with E-state index in [0.717, 1.165) is 22.2 Å². The van der Waals surface area contributed by atoms with Crippen molar-refractivity contribution in [3.05, 3.63) is 117 Å².